The summed E-state index contributed by atoms with van der Waals surface area (Å²) in [5.41, 5.74) is 4.27. The van der Waals surface area contributed by atoms with Crippen molar-refractivity contribution in [2.24, 2.45) is 0 Å². The SMILES string of the molecule is COc1ccc(NC(C)=O)cc1NC(=O)c1ccccc1CSc1nc(C)cc(C)n1. The van der Waals surface area contributed by atoms with Crippen molar-refractivity contribution in [2.75, 3.05) is 17.7 Å². The quantitative estimate of drug-likeness (QED) is 0.415. The zero-order valence-corrected chi connectivity index (χ0v) is 18.7. The first-order valence-corrected chi connectivity index (χ1v) is 10.6. The first-order chi connectivity index (χ1) is 14.9. The molecule has 0 atom stereocenters. The molecule has 0 aliphatic heterocycles. The van der Waals surface area contributed by atoms with E-state index in [9.17, 15) is 9.59 Å². The molecule has 1 heterocycles. The first-order valence-electron chi connectivity index (χ1n) is 9.65. The molecule has 31 heavy (non-hydrogen) atoms. The molecule has 0 saturated heterocycles. The molecule has 0 bridgehead atoms. The lowest BCUT2D eigenvalue weighted by molar-refractivity contribution is -0.114. The molecule has 0 saturated carbocycles. The Balaban J connectivity index is 1.80. The molecule has 8 heteroatoms. The molecule has 0 aliphatic carbocycles. The Kier molecular flexibility index (Phi) is 7.25. The molecule has 3 aromatic rings. The van der Waals surface area contributed by atoms with E-state index in [0.29, 0.717) is 33.6 Å². The number of hydrogen-bond acceptors (Lipinski definition) is 6. The normalized spacial score (nSPS) is 10.5. The van der Waals surface area contributed by atoms with Crippen molar-refractivity contribution < 1.29 is 14.3 Å². The Morgan fingerprint density at radius 3 is 2.39 bits per heavy atom. The monoisotopic (exact) mass is 436 g/mol. The van der Waals surface area contributed by atoms with E-state index < -0.39 is 0 Å². The summed E-state index contributed by atoms with van der Waals surface area (Å²) in [6.45, 7) is 5.29. The smallest absolute Gasteiger partial charge is 0.256 e. The summed E-state index contributed by atoms with van der Waals surface area (Å²) in [4.78, 5) is 33.3. The highest BCUT2D eigenvalue weighted by molar-refractivity contribution is 7.98. The Morgan fingerprint density at radius 1 is 1.00 bits per heavy atom. The number of anilines is 2. The predicted molar refractivity (Wildman–Crippen MR) is 123 cm³/mol. The number of aryl methyl sites for hydroxylation is 2. The zero-order valence-electron chi connectivity index (χ0n) is 17.9. The van der Waals surface area contributed by atoms with Crippen LogP contribution in [0.15, 0.2) is 53.7 Å². The molecule has 7 nitrogen and oxygen atoms in total. The first kappa shape index (κ1) is 22.3. The van der Waals surface area contributed by atoms with Gasteiger partial charge >= 0.3 is 0 Å². The van der Waals surface area contributed by atoms with Gasteiger partial charge in [-0.2, -0.15) is 0 Å². The molecule has 0 spiro atoms. The van der Waals surface area contributed by atoms with Crippen molar-refractivity contribution in [1.82, 2.24) is 9.97 Å². The van der Waals surface area contributed by atoms with Crippen LogP contribution in [0.1, 0.15) is 34.2 Å². The number of aromatic nitrogens is 2. The van der Waals surface area contributed by atoms with Gasteiger partial charge < -0.3 is 15.4 Å². The largest absolute Gasteiger partial charge is 0.495 e. The van der Waals surface area contributed by atoms with Gasteiger partial charge in [0, 0.05) is 35.3 Å². The van der Waals surface area contributed by atoms with Crippen LogP contribution >= 0.6 is 11.8 Å². The number of hydrogen-bond donors (Lipinski definition) is 2. The minimum atomic E-state index is -0.268. The molecule has 0 fully saturated rings. The van der Waals surface area contributed by atoms with Crippen molar-refractivity contribution in [1.29, 1.82) is 0 Å². The van der Waals surface area contributed by atoms with Crippen LogP contribution in [0.4, 0.5) is 11.4 Å². The fourth-order valence-corrected chi connectivity index (χ4v) is 4.00. The van der Waals surface area contributed by atoms with Crippen molar-refractivity contribution >= 4 is 35.0 Å². The molecule has 160 valence electrons. The van der Waals surface area contributed by atoms with Gasteiger partial charge in [-0.15, -0.1) is 0 Å². The summed E-state index contributed by atoms with van der Waals surface area (Å²) in [6.07, 6.45) is 0. The van der Waals surface area contributed by atoms with Crippen LogP contribution in [0.2, 0.25) is 0 Å². The van der Waals surface area contributed by atoms with Crippen molar-refractivity contribution in [2.45, 2.75) is 31.7 Å². The van der Waals surface area contributed by atoms with Crippen LogP contribution in [0.25, 0.3) is 0 Å². The molecule has 3 rings (SSSR count). The molecule has 0 unspecified atom stereocenters. The summed E-state index contributed by atoms with van der Waals surface area (Å²) < 4.78 is 5.35. The highest BCUT2D eigenvalue weighted by Gasteiger charge is 2.15. The number of ether oxygens (including phenoxy) is 1. The molecular formula is C23H24N4O3S. The maximum atomic E-state index is 13.1. The minimum absolute atomic E-state index is 0.196. The van der Waals surface area contributed by atoms with E-state index in [1.54, 1.807) is 24.3 Å². The fourth-order valence-electron chi connectivity index (χ4n) is 3.04. The molecule has 2 aromatic carbocycles. The van der Waals surface area contributed by atoms with Crippen LogP contribution in [0, 0.1) is 13.8 Å². The topological polar surface area (TPSA) is 93.2 Å². The van der Waals surface area contributed by atoms with Gasteiger partial charge in [-0.1, -0.05) is 30.0 Å². The highest BCUT2D eigenvalue weighted by atomic mass is 32.2. The van der Waals surface area contributed by atoms with Gasteiger partial charge in [-0.3, -0.25) is 9.59 Å². The number of benzene rings is 2. The Hall–Kier alpha value is -3.39. The second-order valence-corrected chi connectivity index (χ2v) is 7.87. The van der Waals surface area contributed by atoms with Crippen LogP contribution < -0.4 is 15.4 Å². The van der Waals surface area contributed by atoms with Crippen molar-refractivity contribution in [3.8, 4) is 5.75 Å². The summed E-state index contributed by atoms with van der Waals surface area (Å²) in [5.74, 6) is 0.586. The van der Waals surface area contributed by atoms with Crippen LogP contribution in [0.5, 0.6) is 5.75 Å². The third-order valence-electron chi connectivity index (χ3n) is 4.35. The summed E-state index contributed by atoms with van der Waals surface area (Å²) in [5, 5.41) is 6.28. The molecule has 0 aliphatic rings. The summed E-state index contributed by atoms with van der Waals surface area (Å²) in [7, 11) is 1.53. The van der Waals surface area contributed by atoms with E-state index in [0.717, 1.165) is 17.0 Å². The van der Waals surface area contributed by atoms with Crippen molar-refractivity contribution in [3.63, 3.8) is 0 Å². The van der Waals surface area contributed by atoms with Crippen LogP contribution in [-0.4, -0.2) is 28.9 Å². The standard InChI is InChI=1S/C23H24N4O3S/c1-14-11-15(2)25-23(24-14)31-13-17-7-5-6-8-19(17)22(29)27-20-12-18(26-16(3)28)9-10-21(20)30-4/h5-12H,13H2,1-4H3,(H,26,28)(H,27,29). The number of rotatable bonds is 7. The summed E-state index contributed by atoms with van der Waals surface area (Å²) >= 11 is 1.48. The number of thioether (sulfide) groups is 1. The summed E-state index contributed by atoms with van der Waals surface area (Å²) in [6, 6.07) is 14.4. The zero-order chi connectivity index (χ0) is 22.4. The number of amides is 2. The lowest BCUT2D eigenvalue weighted by Gasteiger charge is -2.14. The van der Waals surface area contributed by atoms with Gasteiger partial charge in [-0.25, -0.2) is 9.97 Å². The van der Waals surface area contributed by atoms with Crippen LogP contribution in [0.3, 0.4) is 0 Å². The highest BCUT2D eigenvalue weighted by Crippen LogP contribution is 2.29. The predicted octanol–water partition coefficient (Wildman–Crippen LogP) is 4.61. The average molecular weight is 437 g/mol. The van der Waals surface area contributed by atoms with Gasteiger partial charge in [0.15, 0.2) is 5.16 Å². The third-order valence-corrected chi connectivity index (χ3v) is 5.24. The maximum Gasteiger partial charge on any atom is 0.256 e. The number of nitrogens with one attached hydrogen (secondary N) is 2. The average Bonchev–Trinajstić information content (AvgIpc) is 2.71. The van der Waals surface area contributed by atoms with E-state index in [1.165, 1.54) is 25.8 Å². The number of carbonyl (C=O) groups excluding carboxylic acids is 2. The van der Waals surface area contributed by atoms with Gasteiger partial charge in [0.05, 0.1) is 12.8 Å². The van der Waals surface area contributed by atoms with E-state index in [4.69, 9.17) is 4.74 Å². The molecule has 2 amide bonds. The van der Waals surface area contributed by atoms with E-state index >= 15 is 0 Å². The Morgan fingerprint density at radius 2 is 1.71 bits per heavy atom. The molecule has 0 radical (unpaired) electrons. The third kappa shape index (κ3) is 6.05. The lowest BCUT2D eigenvalue weighted by atomic mass is 10.1. The van der Waals surface area contributed by atoms with E-state index in [-0.39, 0.29) is 11.8 Å². The minimum Gasteiger partial charge on any atom is -0.495 e. The van der Waals surface area contributed by atoms with Crippen LogP contribution in [-0.2, 0) is 10.5 Å². The Labute approximate surface area is 185 Å². The number of nitrogens with zero attached hydrogens (tertiary/aromatic N) is 2. The molecular weight excluding hydrogens is 412 g/mol. The van der Waals surface area contributed by atoms with Crippen molar-refractivity contribution in [3.05, 3.63) is 71.0 Å². The molecule has 1 aromatic heterocycles. The number of methoxy groups -OCH3 is 1. The number of carbonyl (C=O) groups is 2. The van der Waals surface area contributed by atoms with Gasteiger partial charge in [-0.05, 0) is 49.7 Å². The van der Waals surface area contributed by atoms with Gasteiger partial charge in [0.25, 0.3) is 5.91 Å². The van der Waals surface area contributed by atoms with E-state index in [1.807, 2.05) is 38.1 Å². The molecule has 2 N–H and O–H groups in total. The van der Waals surface area contributed by atoms with Gasteiger partial charge in [0.1, 0.15) is 5.75 Å². The second kappa shape index (κ2) is 10.1. The fraction of sp³-hybridized carbons (Fsp3) is 0.217. The second-order valence-electron chi connectivity index (χ2n) is 6.93. The van der Waals surface area contributed by atoms with Gasteiger partial charge in [0.2, 0.25) is 5.91 Å². The van der Waals surface area contributed by atoms with E-state index in [2.05, 4.69) is 20.6 Å². The Bertz CT molecular complexity index is 1100. The lowest BCUT2D eigenvalue weighted by Crippen LogP contribution is -2.15. The maximum absolute atomic E-state index is 13.1.